The van der Waals surface area contributed by atoms with E-state index in [1.807, 2.05) is 11.8 Å². The number of ether oxygens (including phenoxy) is 1. The third kappa shape index (κ3) is 3.21. The molecule has 0 saturated carbocycles. The second-order valence-corrected chi connectivity index (χ2v) is 4.31. The van der Waals surface area contributed by atoms with Crippen LogP contribution in [0.1, 0.15) is 26.2 Å². The lowest BCUT2D eigenvalue weighted by Crippen LogP contribution is -2.42. The monoisotopic (exact) mass is 224 g/mol. The molecule has 0 aromatic heterocycles. The second-order valence-electron chi connectivity index (χ2n) is 4.31. The Hall–Kier alpha value is -1.08. The molecule has 0 aromatic rings. The lowest BCUT2D eigenvalue weighted by molar-refractivity contribution is -0.135. The number of carbonyl (C=O) groups excluding carboxylic acids is 1. The molecule has 1 unspecified atom stereocenters. The maximum atomic E-state index is 11.9. The minimum Gasteiger partial charge on any atom is -0.384 e. The quantitative estimate of drug-likeness (QED) is 0.725. The number of piperidine rings is 1. The van der Waals surface area contributed by atoms with Crippen LogP contribution in [0.15, 0.2) is 0 Å². The van der Waals surface area contributed by atoms with Gasteiger partial charge in [-0.25, -0.2) is 0 Å². The van der Waals surface area contributed by atoms with Crippen LogP contribution < -0.4 is 0 Å². The molecule has 1 aliphatic rings. The van der Waals surface area contributed by atoms with E-state index in [1.165, 1.54) is 0 Å². The van der Waals surface area contributed by atoms with Crippen LogP contribution in [0, 0.1) is 23.2 Å². The minimum atomic E-state index is -0.459. The predicted octanol–water partition coefficient (Wildman–Crippen LogP) is 1.42. The van der Waals surface area contributed by atoms with E-state index in [0.29, 0.717) is 12.3 Å². The highest BCUT2D eigenvalue weighted by Gasteiger charge is 2.26. The molecule has 0 bridgehead atoms. The van der Waals surface area contributed by atoms with Crippen LogP contribution in [0.3, 0.4) is 0 Å². The zero-order valence-electron chi connectivity index (χ0n) is 10.1. The molecular formula is C12H20N2O2. The molecule has 0 spiro atoms. The van der Waals surface area contributed by atoms with Crippen molar-refractivity contribution >= 4 is 5.91 Å². The van der Waals surface area contributed by atoms with Crippen molar-refractivity contribution in [3.63, 3.8) is 0 Å². The lowest BCUT2D eigenvalue weighted by Gasteiger charge is -2.32. The molecule has 1 heterocycles. The van der Waals surface area contributed by atoms with Crippen LogP contribution in [-0.4, -0.2) is 37.6 Å². The largest absolute Gasteiger partial charge is 0.384 e. The van der Waals surface area contributed by atoms with E-state index < -0.39 is 5.92 Å². The van der Waals surface area contributed by atoms with E-state index in [1.54, 1.807) is 7.11 Å². The van der Waals surface area contributed by atoms with Crippen molar-refractivity contribution in [1.82, 2.24) is 4.90 Å². The van der Waals surface area contributed by atoms with Crippen molar-refractivity contribution < 1.29 is 9.53 Å². The van der Waals surface area contributed by atoms with Crippen molar-refractivity contribution in [2.75, 3.05) is 26.8 Å². The summed E-state index contributed by atoms with van der Waals surface area (Å²) < 4.78 is 5.11. The van der Waals surface area contributed by atoms with Gasteiger partial charge in [0.25, 0.3) is 0 Å². The van der Waals surface area contributed by atoms with Crippen LogP contribution in [0.25, 0.3) is 0 Å². The topological polar surface area (TPSA) is 53.3 Å². The number of hydrogen-bond donors (Lipinski definition) is 0. The zero-order valence-corrected chi connectivity index (χ0v) is 10.1. The van der Waals surface area contributed by atoms with Crippen LogP contribution >= 0.6 is 0 Å². The molecule has 90 valence electrons. The van der Waals surface area contributed by atoms with Crippen molar-refractivity contribution in [1.29, 1.82) is 5.26 Å². The summed E-state index contributed by atoms with van der Waals surface area (Å²) in [7, 11) is 1.71. The summed E-state index contributed by atoms with van der Waals surface area (Å²) in [6, 6.07) is 2.07. The van der Waals surface area contributed by atoms with Gasteiger partial charge in [-0.05, 0) is 25.2 Å². The molecule has 1 fully saturated rings. The maximum absolute atomic E-state index is 11.9. The summed E-state index contributed by atoms with van der Waals surface area (Å²) >= 11 is 0. The number of methoxy groups -OCH3 is 1. The molecule has 0 radical (unpaired) electrons. The molecule has 1 saturated heterocycles. The van der Waals surface area contributed by atoms with Gasteiger partial charge in [0.15, 0.2) is 0 Å². The van der Waals surface area contributed by atoms with Crippen LogP contribution in [0.5, 0.6) is 0 Å². The average Bonchev–Trinajstić information content (AvgIpc) is 2.32. The van der Waals surface area contributed by atoms with Gasteiger partial charge in [-0.3, -0.25) is 4.79 Å². The number of carbonyl (C=O) groups is 1. The van der Waals surface area contributed by atoms with E-state index in [9.17, 15) is 4.79 Å². The Morgan fingerprint density at radius 3 is 2.62 bits per heavy atom. The number of nitriles is 1. The Bertz CT molecular complexity index is 265. The molecule has 1 amide bonds. The van der Waals surface area contributed by atoms with Crippen molar-refractivity contribution in [2.45, 2.75) is 26.2 Å². The normalized spacial score (nSPS) is 19.2. The first kappa shape index (κ1) is 13.0. The first-order valence-electron chi connectivity index (χ1n) is 5.90. The van der Waals surface area contributed by atoms with Gasteiger partial charge < -0.3 is 9.64 Å². The zero-order chi connectivity index (χ0) is 12.0. The van der Waals surface area contributed by atoms with E-state index in [0.717, 1.165) is 32.5 Å². The molecular weight excluding hydrogens is 204 g/mol. The molecule has 0 aliphatic carbocycles. The fourth-order valence-corrected chi connectivity index (χ4v) is 2.10. The van der Waals surface area contributed by atoms with Crippen molar-refractivity contribution in [3.8, 4) is 6.07 Å². The third-order valence-electron chi connectivity index (χ3n) is 3.19. The van der Waals surface area contributed by atoms with E-state index in [-0.39, 0.29) is 5.91 Å². The first-order valence-corrected chi connectivity index (χ1v) is 5.90. The minimum absolute atomic E-state index is 0.000803. The Labute approximate surface area is 97.2 Å². The standard InChI is InChI=1S/C12H20N2O2/c1-3-11(8-13)12(15)14-6-4-10(5-7-14)9-16-2/h10-11H,3-7,9H2,1-2H3. The van der Waals surface area contributed by atoms with Crippen LogP contribution in [0.4, 0.5) is 0 Å². The maximum Gasteiger partial charge on any atom is 0.239 e. The van der Waals surface area contributed by atoms with E-state index in [4.69, 9.17) is 10.00 Å². The Morgan fingerprint density at radius 1 is 1.56 bits per heavy atom. The summed E-state index contributed by atoms with van der Waals surface area (Å²) in [5.74, 6) is 0.107. The molecule has 0 aromatic carbocycles. The third-order valence-corrected chi connectivity index (χ3v) is 3.19. The van der Waals surface area contributed by atoms with Gasteiger partial charge in [0.1, 0.15) is 5.92 Å². The molecule has 0 N–H and O–H groups in total. The van der Waals surface area contributed by atoms with Crippen molar-refractivity contribution in [2.24, 2.45) is 11.8 Å². The fraction of sp³-hybridized carbons (Fsp3) is 0.833. The van der Waals surface area contributed by atoms with Gasteiger partial charge in [-0.15, -0.1) is 0 Å². The lowest BCUT2D eigenvalue weighted by atomic mass is 9.96. The summed E-state index contributed by atoms with van der Waals surface area (Å²) in [6.07, 6.45) is 2.58. The number of nitrogens with zero attached hydrogens (tertiary/aromatic N) is 2. The summed E-state index contributed by atoms with van der Waals surface area (Å²) in [6.45, 7) is 4.19. The number of rotatable bonds is 4. The van der Waals surface area contributed by atoms with Crippen molar-refractivity contribution in [3.05, 3.63) is 0 Å². The summed E-state index contributed by atoms with van der Waals surface area (Å²) in [5.41, 5.74) is 0. The van der Waals surface area contributed by atoms with E-state index >= 15 is 0 Å². The van der Waals surface area contributed by atoms with Crippen LogP contribution in [-0.2, 0) is 9.53 Å². The predicted molar refractivity (Wildman–Crippen MR) is 60.6 cm³/mol. The number of hydrogen-bond acceptors (Lipinski definition) is 3. The van der Waals surface area contributed by atoms with Crippen LogP contribution in [0.2, 0.25) is 0 Å². The molecule has 4 nitrogen and oxygen atoms in total. The molecule has 4 heteroatoms. The van der Waals surface area contributed by atoms with Gasteiger partial charge in [0.05, 0.1) is 6.07 Å². The number of likely N-dealkylation sites (tertiary alicyclic amines) is 1. The SMILES string of the molecule is CCC(C#N)C(=O)N1CCC(COC)CC1. The summed E-state index contributed by atoms with van der Waals surface area (Å²) in [5, 5.41) is 8.85. The highest BCUT2D eigenvalue weighted by Crippen LogP contribution is 2.19. The molecule has 1 atom stereocenters. The van der Waals surface area contributed by atoms with Gasteiger partial charge in [-0.1, -0.05) is 6.92 Å². The highest BCUT2D eigenvalue weighted by molar-refractivity contribution is 5.81. The Kier molecular flexibility index (Phi) is 5.27. The highest BCUT2D eigenvalue weighted by atomic mass is 16.5. The van der Waals surface area contributed by atoms with E-state index in [2.05, 4.69) is 6.07 Å². The Balaban J connectivity index is 2.41. The molecule has 1 rings (SSSR count). The Morgan fingerprint density at radius 2 is 2.19 bits per heavy atom. The fourth-order valence-electron chi connectivity index (χ4n) is 2.10. The van der Waals surface area contributed by atoms with Gasteiger partial charge in [-0.2, -0.15) is 5.26 Å². The van der Waals surface area contributed by atoms with Gasteiger partial charge in [0.2, 0.25) is 5.91 Å². The smallest absolute Gasteiger partial charge is 0.239 e. The second kappa shape index (κ2) is 6.49. The summed E-state index contributed by atoms with van der Waals surface area (Å²) in [4.78, 5) is 13.7. The first-order chi connectivity index (χ1) is 7.72. The average molecular weight is 224 g/mol. The van der Waals surface area contributed by atoms with Gasteiger partial charge in [0, 0.05) is 26.8 Å². The van der Waals surface area contributed by atoms with Gasteiger partial charge >= 0.3 is 0 Å². The number of amides is 1. The molecule has 1 aliphatic heterocycles. The molecule has 16 heavy (non-hydrogen) atoms.